The van der Waals surface area contributed by atoms with Gasteiger partial charge < -0.3 is 18.9 Å². The molecule has 4 nitrogen and oxygen atoms in total. The Labute approximate surface area is 137 Å². The Morgan fingerprint density at radius 1 is 0.739 bits per heavy atom. The minimum absolute atomic E-state index is 0.400. The van der Waals surface area contributed by atoms with Crippen LogP contribution in [-0.4, -0.2) is 20.5 Å². The van der Waals surface area contributed by atoms with Crippen molar-refractivity contribution in [3.63, 3.8) is 0 Å². The van der Waals surface area contributed by atoms with Crippen molar-refractivity contribution in [2.24, 2.45) is 0 Å². The highest BCUT2D eigenvalue weighted by molar-refractivity contribution is 5.41. The van der Waals surface area contributed by atoms with E-state index in [0.717, 1.165) is 19.3 Å². The predicted octanol–water partition coefficient (Wildman–Crippen LogP) is 4.68. The first kappa shape index (κ1) is 17.0. The second-order valence-corrected chi connectivity index (χ2v) is 5.11. The first-order valence-corrected chi connectivity index (χ1v) is 7.87. The fraction of sp³-hybridized carbons (Fsp3) is 0.368. The van der Waals surface area contributed by atoms with Gasteiger partial charge in [-0.05, 0) is 30.7 Å². The minimum atomic E-state index is -0.400. The van der Waals surface area contributed by atoms with Gasteiger partial charge in [-0.3, -0.25) is 0 Å². The summed E-state index contributed by atoms with van der Waals surface area (Å²) in [7, 11) is 3.26. The predicted molar refractivity (Wildman–Crippen MR) is 90.6 cm³/mol. The SMILES string of the molecule is CCCCC(Oc1ccccc1OC)Oc1ccccc1OC. The van der Waals surface area contributed by atoms with Crippen LogP contribution in [0.4, 0.5) is 0 Å². The third-order valence-corrected chi connectivity index (χ3v) is 3.45. The number of ether oxygens (including phenoxy) is 4. The van der Waals surface area contributed by atoms with E-state index < -0.39 is 6.29 Å². The van der Waals surface area contributed by atoms with Crippen molar-refractivity contribution in [1.82, 2.24) is 0 Å². The Balaban J connectivity index is 2.16. The number of unbranched alkanes of at least 4 members (excludes halogenated alkanes) is 1. The zero-order valence-electron chi connectivity index (χ0n) is 14.0. The van der Waals surface area contributed by atoms with Gasteiger partial charge in [-0.15, -0.1) is 0 Å². The summed E-state index contributed by atoms with van der Waals surface area (Å²) in [6.07, 6.45) is 2.46. The van der Waals surface area contributed by atoms with E-state index in [4.69, 9.17) is 18.9 Å². The molecular formula is C19H24O4. The van der Waals surface area contributed by atoms with Crippen LogP contribution in [-0.2, 0) is 0 Å². The maximum atomic E-state index is 6.04. The van der Waals surface area contributed by atoms with Gasteiger partial charge >= 0.3 is 0 Å². The number of hydrogen-bond donors (Lipinski definition) is 0. The normalized spacial score (nSPS) is 10.4. The Kier molecular flexibility index (Phi) is 6.60. The lowest BCUT2D eigenvalue weighted by molar-refractivity contribution is -0.00548. The number of para-hydroxylation sites is 4. The van der Waals surface area contributed by atoms with Crippen molar-refractivity contribution in [3.8, 4) is 23.0 Å². The lowest BCUT2D eigenvalue weighted by Gasteiger charge is -2.22. The van der Waals surface area contributed by atoms with Crippen molar-refractivity contribution in [2.45, 2.75) is 32.5 Å². The molecule has 0 saturated carbocycles. The van der Waals surface area contributed by atoms with Crippen LogP contribution in [0.25, 0.3) is 0 Å². The fourth-order valence-corrected chi connectivity index (χ4v) is 2.23. The van der Waals surface area contributed by atoms with E-state index in [-0.39, 0.29) is 0 Å². The Bertz CT molecular complexity index is 548. The summed E-state index contributed by atoms with van der Waals surface area (Å²) < 4.78 is 22.8. The molecule has 0 aliphatic carbocycles. The molecule has 2 aromatic rings. The number of benzene rings is 2. The van der Waals surface area contributed by atoms with Gasteiger partial charge in [0.25, 0.3) is 0 Å². The molecule has 2 aromatic carbocycles. The standard InChI is InChI=1S/C19H24O4/c1-4-5-14-19(22-17-12-8-6-10-15(17)20-2)23-18-13-9-7-11-16(18)21-3/h6-13,19H,4-5,14H2,1-3H3. The van der Waals surface area contributed by atoms with E-state index in [0.29, 0.717) is 23.0 Å². The van der Waals surface area contributed by atoms with Crippen LogP contribution in [0.5, 0.6) is 23.0 Å². The van der Waals surface area contributed by atoms with Crippen LogP contribution >= 0.6 is 0 Å². The van der Waals surface area contributed by atoms with E-state index in [1.165, 1.54) is 0 Å². The third-order valence-electron chi connectivity index (χ3n) is 3.45. The zero-order chi connectivity index (χ0) is 16.5. The summed E-state index contributed by atoms with van der Waals surface area (Å²) in [6.45, 7) is 2.14. The molecule has 0 atom stereocenters. The van der Waals surface area contributed by atoms with Crippen molar-refractivity contribution in [2.75, 3.05) is 14.2 Å². The molecule has 0 N–H and O–H groups in total. The highest BCUT2D eigenvalue weighted by Gasteiger charge is 2.16. The summed E-state index contributed by atoms with van der Waals surface area (Å²) in [5, 5.41) is 0. The van der Waals surface area contributed by atoms with Gasteiger partial charge in [-0.2, -0.15) is 0 Å². The summed E-state index contributed by atoms with van der Waals surface area (Å²) in [4.78, 5) is 0. The summed E-state index contributed by atoms with van der Waals surface area (Å²) >= 11 is 0. The smallest absolute Gasteiger partial charge is 0.241 e. The average Bonchev–Trinajstić information content (AvgIpc) is 2.60. The van der Waals surface area contributed by atoms with Gasteiger partial charge in [0.05, 0.1) is 14.2 Å². The molecule has 0 unspecified atom stereocenters. The highest BCUT2D eigenvalue weighted by atomic mass is 16.7. The van der Waals surface area contributed by atoms with E-state index in [1.807, 2.05) is 48.5 Å². The molecule has 0 radical (unpaired) electrons. The second-order valence-electron chi connectivity index (χ2n) is 5.11. The molecule has 0 heterocycles. The first-order valence-electron chi connectivity index (χ1n) is 7.87. The fourth-order valence-electron chi connectivity index (χ4n) is 2.23. The van der Waals surface area contributed by atoms with Crippen LogP contribution in [0.2, 0.25) is 0 Å². The molecule has 124 valence electrons. The van der Waals surface area contributed by atoms with Crippen molar-refractivity contribution in [3.05, 3.63) is 48.5 Å². The van der Waals surface area contributed by atoms with Gasteiger partial charge in [-0.25, -0.2) is 0 Å². The molecule has 0 aliphatic rings. The molecule has 0 fully saturated rings. The third kappa shape index (κ3) is 4.81. The Hall–Kier alpha value is -2.36. The maximum absolute atomic E-state index is 6.04. The monoisotopic (exact) mass is 316 g/mol. The van der Waals surface area contributed by atoms with E-state index >= 15 is 0 Å². The Morgan fingerprint density at radius 3 is 1.57 bits per heavy atom. The van der Waals surface area contributed by atoms with Gasteiger partial charge in [-0.1, -0.05) is 37.6 Å². The van der Waals surface area contributed by atoms with E-state index in [9.17, 15) is 0 Å². The average molecular weight is 316 g/mol. The molecule has 2 rings (SSSR count). The molecular weight excluding hydrogens is 292 g/mol. The lowest BCUT2D eigenvalue weighted by atomic mass is 10.2. The number of methoxy groups -OCH3 is 2. The minimum Gasteiger partial charge on any atom is -0.493 e. The largest absolute Gasteiger partial charge is 0.493 e. The lowest BCUT2D eigenvalue weighted by Crippen LogP contribution is -2.24. The van der Waals surface area contributed by atoms with Gasteiger partial charge in [0.15, 0.2) is 23.0 Å². The molecule has 0 saturated heterocycles. The molecule has 0 aliphatic heterocycles. The summed E-state index contributed by atoms with van der Waals surface area (Å²) in [5.74, 6) is 2.73. The topological polar surface area (TPSA) is 36.9 Å². The van der Waals surface area contributed by atoms with E-state index in [1.54, 1.807) is 14.2 Å². The van der Waals surface area contributed by atoms with Crippen LogP contribution in [0.3, 0.4) is 0 Å². The summed E-state index contributed by atoms with van der Waals surface area (Å²) in [6, 6.07) is 15.1. The van der Waals surface area contributed by atoms with Gasteiger partial charge in [0, 0.05) is 6.42 Å². The van der Waals surface area contributed by atoms with Crippen LogP contribution in [0.15, 0.2) is 48.5 Å². The van der Waals surface area contributed by atoms with Gasteiger partial charge in [0.1, 0.15) is 0 Å². The Morgan fingerprint density at radius 2 is 1.17 bits per heavy atom. The molecule has 4 heteroatoms. The van der Waals surface area contributed by atoms with Crippen LogP contribution < -0.4 is 18.9 Å². The zero-order valence-corrected chi connectivity index (χ0v) is 14.0. The van der Waals surface area contributed by atoms with Crippen molar-refractivity contribution in [1.29, 1.82) is 0 Å². The molecule has 0 amide bonds. The quantitative estimate of drug-likeness (QED) is 0.630. The molecule has 0 aromatic heterocycles. The van der Waals surface area contributed by atoms with Crippen LogP contribution in [0, 0.1) is 0 Å². The second kappa shape index (κ2) is 8.93. The van der Waals surface area contributed by atoms with Crippen molar-refractivity contribution < 1.29 is 18.9 Å². The molecule has 0 spiro atoms. The summed E-state index contributed by atoms with van der Waals surface area (Å²) in [5.41, 5.74) is 0. The molecule has 23 heavy (non-hydrogen) atoms. The van der Waals surface area contributed by atoms with Crippen molar-refractivity contribution >= 4 is 0 Å². The highest BCUT2D eigenvalue weighted by Crippen LogP contribution is 2.31. The van der Waals surface area contributed by atoms with E-state index in [2.05, 4.69) is 6.92 Å². The van der Waals surface area contributed by atoms with Gasteiger partial charge in [0.2, 0.25) is 6.29 Å². The number of hydrogen-bond acceptors (Lipinski definition) is 4. The molecule has 0 bridgehead atoms. The van der Waals surface area contributed by atoms with Crippen LogP contribution in [0.1, 0.15) is 26.2 Å². The number of rotatable bonds is 9. The first-order chi connectivity index (χ1) is 11.3. The maximum Gasteiger partial charge on any atom is 0.241 e.